The summed E-state index contributed by atoms with van der Waals surface area (Å²) in [7, 11) is 0. The lowest BCUT2D eigenvalue weighted by Gasteiger charge is -2.07. The highest BCUT2D eigenvalue weighted by Gasteiger charge is 2.15. The van der Waals surface area contributed by atoms with Crippen LogP contribution >= 0.6 is 23.4 Å². The van der Waals surface area contributed by atoms with E-state index in [1.54, 1.807) is 12.3 Å². The van der Waals surface area contributed by atoms with Crippen molar-refractivity contribution in [1.29, 1.82) is 0 Å². The number of nitrogens with two attached hydrogens (primary N) is 1. The Balaban J connectivity index is 1.58. The average molecular weight is 351 g/mol. The van der Waals surface area contributed by atoms with Crippen LogP contribution in [0.5, 0.6) is 5.75 Å². The van der Waals surface area contributed by atoms with Gasteiger partial charge in [-0.15, -0.1) is 10.2 Å². The predicted molar refractivity (Wildman–Crippen MR) is 90.3 cm³/mol. The predicted octanol–water partition coefficient (Wildman–Crippen LogP) is 3.38. The highest BCUT2D eigenvalue weighted by molar-refractivity contribution is 7.99. The topological polar surface area (TPSA) is 79.1 Å². The summed E-state index contributed by atoms with van der Waals surface area (Å²) < 4.78 is 12.4. The summed E-state index contributed by atoms with van der Waals surface area (Å²) in [6.45, 7) is 2.34. The third-order valence-corrected chi connectivity index (χ3v) is 4.39. The molecule has 6 nitrogen and oxygen atoms in total. The van der Waals surface area contributed by atoms with Gasteiger partial charge < -0.3 is 15.0 Å². The summed E-state index contributed by atoms with van der Waals surface area (Å²) in [6.07, 6.45) is 1.60. The van der Waals surface area contributed by atoms with Crippen molar-refractivity contribution in [2.75, 3.05) is 18.2 Å². The van der Waals surface area contributed by atoms with Gasteiger partial charge in [0.2, 0.25) is 5.16 Å². The van der Waals surface area contributed by atoms with Gasteiger partial charge >= 0.3 is 0 Å². The third kappa shape index (κ3) is 3.46. The van der Waals surface area contributed by atoms with Crippen LogP contribution in [0.15, 0.2) is 46.2 Å². The molecule has 2 N–H and O–H groups in total. The minimum Gasteiger partial charge on any atom is -0.491 e. The van der Waals surface area contributed by atoms with Crippen LogP contribution in [0.3, 0.4) is 0 Å². The molecule has 0 radical (unpaired) electrons. The van der Waals surface area contributed by atoms with Crippen molar-refractivity contribution in [2.45, 2.75) is 12.1 Å². The first-order chi connectivity index (χ1) is 11.2. The molecule has 23 heavy (non-hydrogen) atoms. The Hall–Kier alpha value is -2.12. The van der Waals surface area contributed by atoms with E-state index in [0.717, 1.165) is 11.3 Å². The molecular weight excluding hydrogens is 336 g/mol. The van der Waals surface area contributed by atoms with E-state index in [9.17, 15) is 0 Å². The summed E-state index contributed by atoms with van der Waals surface area (Å²) in [5.41, 5.74) is 0.833. The minimum absolute atomic E-state index is 0.487. The number of furan rings is 1. The van der Waals surface area contributed by atoms with Gasteiger partial charge in [0.1, 0.15) is 11.5 Å². The Kier molecular flexibility index (Phi) is 4.78. The van der Waals surface area contributed by atoms with Crippen LogP contribution in [0.25, 0.3) is 11.4 Å². The number of aromatic nitrogens is 3. The standard InChI is InChI=1S/C15H15ClN4O2S/c1-10-11(6-7-21-10)14-18-19-15(20(14)17)23-9-8-22-13-5-3-2-4-12(13)16/h2-7H,8-9,17H2,1H3. The van der Waals surface area contributed by atoms with Gasteiger partial charge in [-0.25, -0.2) is 4.68 Å². The van der Waals surface area contributed by atoms with Gasteiger partial charge in [-0.05, 0) is 25.1 Å². The number of rotatable bonds is 6. The number of benzene rings is 1. The van der Waals surface area contributed by atoms with Crippen LogP contribution in [0, 0.1) is 6.92 Å². The zero-order chi connectivity index (χ0) is 16.2. The fourth-order valence-corrected chi connectivity index (χ4v) is 2.89. The van der Waals surface area contributed by atoms with Crippen molar-refractivity contribution in [3.05, 3.63) is 47.4 Å². The molecule has 0 aliphatic heterocycles. The molecule has 0 unspecified atom stereocenters. The lowest BCUT2D eigenvalue weighted by Crippen LogP contribution is -2.12. The summed E-state index contributed by atoms with van der Waals surface area (Å²) >= 11 is 7.50. The number of halogens is 1. The number of para-hydroxylation sites is 1. The van der Waals surface area contributed by atoms with Crippen LogP contribution in [0.2, 0.25) is 5.02 Å². The fourth-order valence-electron chi connectivity index (χ4n) is 2.02. The average Bonchev–Trinajstić information content (AvgIpc) is 3.11. The lowest BCUT2D eigenvalue weighted by atomic mass is 10.2. The van der Waals surface area contributed by atoms with Crippen molar-refractivity contribution < 1.29 is 9.15 Å². The van der Waals surface area contributed by atoms with Crippen LogP contribution in [0.1, 0.15) is 5.76 Å². The molecule has 8 heteroatoms. The van der Waals surface area contributed by atoms with Gasteiger partial charge in [0.05, 0.1) is 23.5 Å². The van der Waals surface area contributed by atoms with Gasteiger partial charge in [-0.1, -0.05) is 35.5 Å². The van der Waals surface area contributed by atoms with E-state index in [1.807, 2.05) is 31.2 Å². The van der Waals surface area contributed by atoms with E-state index in [1.165, 1.54) is 16.4 Å². The minimum atomic E-state index is 0.487. The Morgan fingerprint density at radius 2 is 2.13 bits per heavy atom. The highest BCUT2D eigenvalue weighted by atomic mass is 35.5. The number of nitrogens with zero attached hydrogens (tertiary/aromatic N) is 3. The lowest BCUT2D eigenvalue weighted by molar-refractivity contribution is 0.344. The maximum absolute atomic E-state index is 6.05. The van der Waals surface area contributed by atoms with Crippen molar-refractivity contribution in [1.82, 2.24) is 14.9 Å². The highest BCUT2D eigenvalue weighted by Crippen LogP contribution is 2.26. The second-order valence-electron chi connectivity index (χ2n) is 4.69. The Morgan fingerprint density at radius 3 is 2.87 bits per heavy atom. The van der Waals surface area contributed by atoms with Crippen LogP contribution in [-0.4, -0.2) is 27.2 Å². The summed E-state index contributed by atoms with van der Waals surface area (Å²) in [6, 6.07) is 9.18. The number of ether oxygens (including phenoxy) is 1. The molecule has 120 valence electrons. The van der Waals surface area contributed by atoms with Gasteiger partial charge in [-0.3, -0.25) is 0 Å². The normalized spacial score (nSPS) is 10.9. The van der Waals surface area contributed by atoms with Crippen molar-refractivity contribution in [3.63, 3.8) is 0 Å². The molecule has 0 saturated carbocycles. The van der Waals surface area contributed by atoms with Gasteiger partial charge in [-0.2, -0.15) is 0 Å². The molecule has 2 heterocycles. The quantitative estimate of drug-likeness (QED) is 0.417. The zero-order valence-corrected chi connectivity index (χ0v) is 14.0. The number of hydrogen-bond donors (Lipinski definition) is 1. The molecule has 0 amide bonds. The third-order valence-electron chi connectivity index (χ3n) is 3.17. The molecule has 2 aromatic heterocycles. The van der Waals surface area contributed by atoms with E-state index >= 15 is 0 Å². The first-order valence-corrected chi connectivity index (χ1v) is 8.28. The van der Waals surface area contributed by atoms with Crippen LogP contribution in [0.4, 0.5) is 0 Å². The van der Waals surface area contributed by atoms with E-state index in [0.29, 0.717) is 34.1 Å². The number of nitrogen functional groups attached to an aromatic ring is 1. The smallest absolute Gasteiger partial charge is 0.210 e. The molecule has 0 aliphatic carbocycles. The first-order valence-electron chi connectivity index (χ1n) is 6.92. The monoisotopic (exact) mass is 350 g/mol. The van der Waals surface area contributed by atoms with Gasteiger partial charge in [0.25, 0.3) is 0 Å². The second-order valence-corrected chi connectivity index (χ2v) is 6.16. The zero-order valence-electron chi connectivity index (χ0n) is 12.4. The molecule has 1 aromatic carbocycles. The molecule has 0 atom stereocenters. The maximum atomic E-state index is 6.05. The SMILES string of the molecule is Cc1occc1-c1nnc(SCCOc2ccccc2Cl)n1N. The van der Waals surface area contributed by atoms with Crippen LogP contribution in [-0.2, 0) is 0 Å². The van der Waals surface area contributed by atoms with Gasteiger partial charge in [0, 0.05) is 5.75 Å². The van der Waals surface area contributed by atoms with Crippen molar-refractivity contribution >= 4 is 23.4 Å². The summed E-state index contributed by atoms with van der Waals surface area (Å²) in [4.78, 5) is 0. The Bertz CT molecular complexity index is 802. The van der Waals surface area contributed by atoms with Gasteiger partial charge in [0.15, 0.2) is 5.82 Å². The number of hydrogen-bond acceptors (Lipinski definition) is 6. The molecule has 0 bridgehead atoms. The van der Waals surface area contributed by atoms with Crippen LogP contribution < -0.4 is 10.6 Å². The Morgan fingerprint density at radius 1 is 1.30 bits per heavy atom. The first kappa shape index (κ1) is 15.8. The number of thioether (sulfide) groups is 1. The molecule has 0 aliphatic rings. The largest absolute Gasteiger partial charge is 0.491 e. The van der Waals surface area contributed by atoms with E-state index < -0.39 is 0 Å². The van der Waals surface area contributed by atoms with Crippen molar-refractivity contribution in [2.24, 2.45) is 0 Å². The molecule has 3 aromatic rings. The Labute approximate surface area is 142 Å². The van der Waals surface area contributed by atoms with E-state index in [4.69, 9.17) is 26.6 Å². The van der Waals surface area contributed by atoms with Crippen molar-refractivity contribution in [3.8, 4) is 17.1 Å². The summed E-state index contributed by atoms with van der Waals surface area (Å²) in [5, 5.41) is 9.43. The second kappa shape index (κ2) is 6.97. The molecule has 0 saturated heterocycles. The fraction of sp³-hybridized carbons (Fsp3) is 0.200. The molecule has 0 spiro atoms. The molecule has 3 rings (SSSR count). The number of aryl methyl sites for hydroxylation is 1. The molecular formula is C15H15ClN4O2S. The van der Waals surface area contributed by atoms with E-state index in [2.05, 4.69) is 10.2 Å². The van der Waals surface area contributed by atoms with E-state index in [-0.39, 0.29) is 0 Å². The summed E-state index contributed by atoms with van der Waals surface area (Å²) in [5.74, 6) is 8.71. The maximum Gasteiger partial charge on any atom is 0.210 e. The molecule has 0 fully saturated rings.